The molecule has 1 heterocycles. The molecular weight excluding hydrogens is 362 g/mol. The third-order valence-electron chi connectivity index (χ3n) is 2.97. The first kappa shape index (κ1) is 19.1. The number of nitrogens with zero attached hydrogens (tertiary/aromatic N) is 3. The van der Waals surface area contributed by atoms with Crippen molar-refractivity contribution in [2.24, 2.45) is 0 Å². The molecule has 0 unspecified atom stereocenters. The molecule has 10 heteroatoms. The van der Waals surface area contributed by atoms with E-state index < -0.39 is 35.1 Å². The van der Waals surface area contributed by atoms with Crippen LogP contribution in [0.2, 0.25) is 0 Å². The molecule has 0 spiro atoms. The van der Waals surface area contributed by atoms with Crippen molar-refractivity contribution >= 4 is 22.9 Å². The van der Waals surface area contributed by atoms with Crippen molar-refractivity contribution in [3.05, 3.63) is 35.1 Å². The molecule has 1 aromatic heterocycles. The fourth-order valence-corrected chi connectivity index (χ4v) is 2.63. The summed E-state index contributed by atoms with van der Waals surface area (Å²) in [5.41, 5.74) is -0.216. The van der Waals surface area contributed by atoms with Gasteiger partial charge in [-0.25, -0.2) is 4.39 Å². The number of benzene rings is 1. The highest BCUT2D eigenvalue weighted by atomic mass is 32.1. The molecule has 2 aromatic rings. The Hall–Kier alpha value is -2.23. The Kier molecular flexibility index (Phi) is 5.31. The summed E-state index contributed by atoms with van der Waals surface area (Å²) in [6.07, 6.45) is -4.62. The summed E-state index contributed by atoms with van der Waals surface area (Å²) in [7, 11) is 0. The van der Waals surface area contributed by atoms with E-state index >= 15 is 0 Å². The lowest BCUT2D eigenvalue weighted by atomic mass is 10.0. The van der Waals surface area contributed by atoms with Crippen LogP contribution in [0, 0.1) is 5.82 Å². The molecule has 0 N–H and O–H groups in total. The van der Waals surface area contributed by atoms with Crippen molar-refractivity contribution in [1.29, 1.82) is 0 Å². The lowest BCUT2D eigenvalue weighted by Crippen LogP contribution is -2.48. The molecule has 136 valence electrons. The third kappa shape index (κ3) is 4.88. The number of ether oxygens (including phenoxy) is 1. The molecule has 0 saturated carbocycles. The van der Waals surface area contributed by atoms with Crippen LogP contribution in [-0.2, 0) is 11.0 Å². The van der Waals surface area contributed by atoms with Crippen molar-refractivity contribution in [2.75, 3.05) is 11.5 Å². The zero-order chi connectivity index (χ0) is 18.8. The Balaban J connectivity index is 2.13. The molecular formula is C15H15F4N3O2S. The van der Waals surface area contributed by atoms with Gasteiger partial charge in [0.2, 0.25) is 5.01 Å². The van der Waals surface area contributed by atoms with Gasteiger partial charge in [0.05, 0.1) is 0 Å². The summed E-state index contributed by atoms with van der Waals surface area (Å²) in [6.45, 7) is 4.77. The molecule has 2 rings (SSSR count). The van der Waals surface area contributed by atoms with Crippen LogP contribution >= 0.6 is 11.3 Å². The Morgan fingerprint density at radius 2 is 1.76 bits per heavy atom. The predicted molar refractivity (Wildman–Crippen MR) is 84.0 cm³/mol. The lowest BCUT2D eigenvalue weighted by molar-refractivity contribution is -0.138. The number of amides is 1. The highest BCUT2D eigenvalue weighted by molar-refractivity contribution is 7.13. The fraction of sp³-hybridized carbons (Fsp3) is 0.400. The highest BCUT2D eigenvalue weighted by Gasteiger charge is 2.36. The van der Waals surface area contributed by atoms with E-state index in [1.807, 2.05) is 0 Å². The van der Waals surface area contributed by atoms with Crippen LogP contribution in [0.5, 0.6) is 5.19 Å². The maximum absolute atomic E-state index is 13.1. The van der Waals surface area contributed by atoms with Crippen molar-refractivity contribution in [3.63, 3.8) is 0 Å². The van der Waals surface area contributed by atoms with Crippen molar-refractivity contribution < 1.29 is 27.1 Å². The van der Waals surface area contributed by atoms with E-state index in [1.165, 1.54) is 29.2 Å². The standard InChI is InChI=1S/C15H15F4N3O2S/c1-14(2,3)22(10-6-4-9(16)5-7-10)11(23)8-24-13-21-20-12(25-13)15(17,18)19/h4-7H,8H2,1-3H3. The third-order valence-corrected chi connectivity index (χ3v) is 3.85. The minimum absolute atomic E-state index is 0.209. The zero-order valence-corrected chi connectivity index (χ0v) is 14.4. The van der Waals surface area contributed by atoms with Gasteiger partial charge in [0.25, 0.3) is 11.1 Å². The average molecular weight is 377 g/mol. The summed E-state index contributed by atoms with van der Waals surface area (Å²) in [5, 5.41) is 4.74. The van der Waals surface area contributed by atoms with Gasteiger partial charge in [-0.1, -0.05) is 16.4 Å². The number of carbonyl (C=O) groups excluding carboxylic acids is 1. The summed E-state index contributed by atoms with van der Waals surface area (Å²) >= 11 is 0.209. The molecule has 1 amide bonds. The summed E-state index contributed by atoms with van der Waals surface area (Å²) in [5.74, 6) is -0.960. The van der Waals surface area contributed by atoms with Gasteiger partial charge < -0.3 is 9.64 Å². The number of halogens is 4. The fourth-order valence-electron chi connectivity index (χ4n) is 2.07. The van der Waals surface area contributed by atoms with Crippen LogP contribution in [0.15, 0.2) is 24.3 Å². The number of anilines is 1. The number of aromatic nitrogens is 2. The Morgan fingerprint density at radius 3 is 2.24 bits per heavy atom. The van der Waals surface area contributed by atoms with E-state index in [0.717, 1.165) is 0 Å². The largest absolute Gasteiger partial charge is 0.459 e. The smallest absolute Gasteiger partial charge is 0.445 e. The van der Waals surface area contributed by atoms with E-state index in [4.69, 9.17) is 4.74 Å². The molecule has 0 fully saturated rings. The van der Waals surface area contributed by atoms with Crippen molar-refractivity contribution in [2.45, 2.75) is 32.5 Å². The van der Waals surface area contributed by atoms with Crippen LogP contribution in [-0.4, -0.2) is 28.3 Å². The molecule has 0 atom stereocenters. The number of hydrogen-bond acceptors (Lipinski definition) is 5. The molecule has 1 aromatic carbocycles. The van der Waals surface area contributed by atoms with Gasteiger partial charge >= 0.3 is 6.18 Å². The maximum Gasteiger partial charge on any atom is 0.445 e. The second-order valence-corrected chi connectivity index (χ2v) is 6.98. The Labute approximate surface area is 145 Å². The Morgan fingerprint density at radius 1 is 1.16 bits per heavy atom. The summed E-state index contributed by atoms with van der Waals surface area (Å²) in [6, 6.07) is 5.29. The van der Waals surface area contributed by atoms with E-state index in [2.05, 4.69) is 10.2 Å². The predicted octanol–water partition coefficient (Wildman–Crippen LogP) is 3.91. The van der Waals surface area contributed by atoms with Gasteiger partial charge in [0.1, 0.15) is 5.82 Å². The highest BCUT2D eigenvalue weighted by Crippen LogP contribution is 2.34. The monoisotopic (exact) mass is 377 g/mol. The van der Waals surface area contributed by atoms with E-state index in [9.17, 15) is 22.4 Å². The lowest BCUT2D eigenvalue weighted by Gasteiger charge is -2.35. The van der Waals surface area contributed by atoms with Crippen molar-refractivity contribution in [3.8, 4) is 5.19 Å². The minimum atomic E-state index is -4.62. The summed E-state index contributed by atoms with van der Waals surface area (Å²) < 4.78 is 55.6. The van der Waals surface area contributed by atoms with Gasteiger partial charge in [-0.2, -0.15) is 13.2 Å². The minimum Gasteiger partial charge on any atom is -0.459 e. The number of rotatable bonds is 4. The Bertz CT molecular complexity index is 738. The van der Waals surface area contributed by atoms with Crippen LogP contribution < -0.4 is 9.64 Å². The molecule has 0 bridgehead atoms. The topological polar surface area (TPSA) is 55.3 Å². The van der Waals surface area contributed by atoms with Crippen LogP contribution in [0.3, 0.4) is 0 Å². The SMILES string of the molecule is CC(C)(C)N(C(=O)COc1nnc(C(F)(F)F)s1)c1ccc(F)cc1. The van der Waals surface area contributed by atoms with Crippen LogP contribution in [0.25, 0.3) is 0 Å². The second-order valence-electron chi connectivity index (χ2n) is 6.04. The van der Waals surface area contributed by atoms with Crippen molar-refractivity contribution in [1.82, 2.24) is 10.2 Å². The van der Waals surface area contributed by atoms with E-state index in [-0.39, 0.29) is 16.5 Å². The van der Waals surface area contributed by atoms with Crippen LogP contribution in [0.4, 0.5) is 23.2 Å². The molecule has 0 aliphatic carbocycles. The zero-order valence-electron chi connectivity index (χ0n) is 13.6. The first-order valence-electron chi connectivity index (χ1n) is 7.10. The molecule has 25 heavy (non-hydrogen) atoms. The average Bonchev–Trinajstić information content (AvgIpc) is 2.95. The van der Waals surface area contributed by atoms with Gasteiger partial charge in [-0.3, -0.25) is 4.79 Å². The molecule has 0 radical (unpaired) electrons. The normalized spacial score (nSPS) is 12.1. The first-order valence-corrected chi connectivity index (χ1v) is 7.92. The van der Waals surface area contributed by atoms with Gasteiger partial charge in [0.15, 0.2) is 6.61 Å². The second kappa shape index (κ2) is 6.95. The molecule has 0 aliphatic heterocycles. The van der Waals surface area contributed by atoms with Crippen LogP contribution in [0.1, 0.15) is 25.8 Å². The number of hydrogen-bond donors (Lipinski definition) is 0. The molecule has 5 nitrogen and oxygen atoms in total. The van der Waals surface area contributed by atoms with Gasteiger partial charge in [-0.05, 0) is 45.0 Å². The number of alkyl halides is 3. The maximum atomic E-state index is 13.1. The van der Waals surface area contributed by atoms with Gasteiger partial charge in [-0.15, -0.1) is 5.10 Å². The van der Waals surface area contributed by atoms with E-state index in [0.29, 0.717) is 5.69 Å². The van der Waals surface area contributed by atoms with Gasteiger partial charge in [0, 0.05) is 11.2 Å². The summed E-state index contributed by atoms with van der Waals surface area (Å²) in [4.78, 5) is 13.9. The molecule has 0 aliphatic rings. The quantitative estimate of drug-likeness (QED) is 0.759. The molecule has 0 saturated heterocycles. The van der Waals surface area contributed by atoms with E-state index in [1.54, 1.807) is 20.8 Å². The first-order chi connectivity index (χ1) is 11.5. The number of carbonyl (C=O) groups is 1.